The lowest BCUT2D eigenvalue weighted by Crippen LogP contribution is -2.04. The van der Waals surface area contributed by atoms with E-state index in [0.717, 1.165) is 22.9 Å². The first-order chi connectivity index (χ1) is 6.63. The van der Waals surface area contributed by atoms with Crippen LogP contribution in [-0.2, 0) is 0 Å². The van der Waals surface area contributed by atoms with Crippen LogP contribution in [0.1, 0.15) is 38.4 Å². The summed E-state index contributed by atoms with van der Waals surface area (Å²) in [6.45, 7) is 4.28. The molecule has 1 rings (SSSR count). The zero-order chi connectivity index (χ0) is 10.6. The average molecular weight is 258 g/mol. The van der Waals surface area contributed by atoms with Gasteiger partial charge in [-0.25, -0.2) is 0 Å². The van der Waals surface area contributed by atoms with Crippen LogP contribution in [0.15, 0.2) is 22.9 Å². The summed E-state index contributed by atoms with van der Waals surface area (Å²) in [5, 5.41) is 9.89. The largest absolute Gasteiger partial charge is 0.388 e. The van der Waals surface area contributed by atoms with Gasteiger partial charge in [-0.2, -0.15) is 0 Å². The highest BCUT2D eigenvalue weighted by Gasteiger charge is 2.11. The monoisotopic (exact) mass is 257 g/mol. The molecule has 0 spiro atoms. The van der Waals surface area contributed by atoms with Crippen LogP contribution in [0.3, 0.4) is 0 Å². The number of aliphatic hydroxyl groups excluding tert-OH is 1. The van der Waals surface area contributed by atoms with E-state index in [1.54, 1.807) is 12.4 Å². The van der Waals surface area contributed by atoms with Crippen molar-refractivity contribution in [2.24, 2.45) is 5.92 Å². The molecule has 2 unspecified atom stereocenters. The Bertz CT molecular complexity index is 290. The standard InChI is InChI=1S/C11H16BrNO/c1-3-8(2)4-11(14)9-5-10(12)7-13-6-9/h5-8,11,14H,3-4H2,1-2H3. The van der Waals surface area contributed by atoms with Crippen molar-refractivity contribution in [1.29, 1.82) is 0 Å². The lowest BCUT2D eigenvalue weighted by atomic mass is 9.97. The Morgan fingerprint density at radius 1 is 1.50 bits per heavy atom. The highest BCUT2D eigenvalue weighted by molar-refractivity contribution is 9.10. The molecule has 0 aromatic carbocycles. The molecule has 1 N–H and O–H groups in total. The SMILES string of the molecule is CCC(C)CC(O)c1cncc(Br)c1. The second kappa shape index (κ2) is 5.47. The fraction of sp³-hybridized carbons (Fsp3) is 0.545. The van der Waals surface area contributed by atoms with Gasteiger partial charge < -0.3 is 5.11 Å². The minimum absolute atomic E-state index is 0.394. The van der Waals surface area contributed by atoms with E-state index in [0.29, 0.717) is 5.92 Å². The molecule has 0 aliphatic heterocycles. The van der Waals surface area contributed by atoms with Crippen molar-refractivity contribution in [3.05, 3.63) is 28.5 Å². The third kappa shape index (κ3) is 3.39. The Morgan fingerprint density at radius 3 is 2.79 bits per heavy atom. The number of aromatic nitrogens is 1. The molecule has 0 saturated carbocycles. The third-order valence-corrected chi connectivity index (χ3v) is 2.87. The van der Waals surface area contributed by atoms with Crippen molar-refractivity contribution in [2.45, 2.75) is 32.8 Å². The molecule has 1 heterocycles. The van der Waals surface area contributed by atoms with Crippen molar-refractivity contribution in [1.82, 2.24) is 4.98 Å². The van der Waals surface area contributed by atoms with Gasteiger partial charge in [0.15, 0.2) is 0 Å². The van der Waals surface area contributed by atoms with Crippen molar-refractivity contribution in [3.63, 3.8) is 0 Å². The molecule has 0 aliphatic carbocycles. The topological polar surface area (TPSA) is 33.1 Å². The van der Waals surface area contributed by atoms with Gasteiger partial charge in [0, 0.05) is 16.9 Å². The zero-order valence-corrected chi connectivity index (χ0v) is 10.2. The van der Waals surface area contributed by atoms with Crippen LogP contribution in [0.4, 0.5) is 0 Å². The molecule has 0 aliphatic rings. The van der Waals surface area contributed by atoms with E-state index < -0.39 is 6.10 Å². The Balaban J connectivity index is 2.64. The smallest absolute Gasteiger partial charge is 0.0807 e. The number of aliphatic hydroxyl groups is 1. The van der Waals surface area contributed by atoms with Crippen molar-refractivity contribution in [2.75, 3.05) is 0 Å². The first-order valence-corrected chi connectivity index (χ1v) is 5.71. The zero-order valence-electron chi connectivity index (χ0n) is 8.57. The second-order valence-corrected chi connectivity index (χ2v) is 4.62. The van der Waals surface area contributed by atoms with Gasteiger partial charge >= 0.3 is 0 Å². The summed E-state index contributed by atoms with van der Waals surface area (Å²) in [6, 6.07) is 1.92. The molecular weight excluding hydrogens is 242 g/mol. The highest BCUT2D eigenvalue weighted by Crippen LogP contribution is 2.23. The molecule has 1 aromatic heterocycles. The number of halogens is 1. The van der Waals surface area contributed by atoms with E-state index in [1.807, 2.05) is 6.07 Å². The van der Waals surface area contributed by atoms with Crippen LogP contribution in [0.25, 0.3) is 0 Å². The number of nitrogens with zero attached hydrogens (tertiary/aromatic N) is 1. The number of hydrogen-bond donors (Lipinski definition) is 1. The molecule has 2 atom stereocenters. The summed E-state index contributed by atoms with van der Waals surface area (Å²) in [5.41, 5.74) is 0.889. The Kier molecular flexibility index (Phi) is 4.55. The fourth-order valence-electron chi connectivity index (χ4n) is 1.29. The van der Waals surface area contributed by atoms with Gasteiger partial charge in [-0.3, -0.25) is 4.98 Å². The summed E-state index contributed by atoms with van der Waals surface area (Å²) < 4.78 is 0.915. The summed E-state index contributed by atoms with van der Waals surface area (Å²) in [4.78, 5) is 4.03. The summed E-state index contributed by atoms with van der Waals surface area (Å²) in [5.74, 6) is 0.545. The van der Waals surface area contributed by atoms with Gasteiger partial charge in [0.05, 0.1) is 6.10 Å². The molecular formula is C11H16BrNO. The first kappa shape index (κ1) is 11.7. The molecule has 0 bridgehead atoms. The minimum atomic E-state index is -0.394. The van der Waals surface area contributed by atoms with E-state index in [9.17, 15) is 5.11 Å². The van der Waals surface area contributed by atoms with Crippen LogP contribution >= 0.6 is 15.9 Å². The van der Waals surface area contributed by atoms with Gasteiger partial charge in [0.25, 0.3) is 0 Å². The summed E-state index contributed by atoms with van der Waals surface area (Å²) >= 11 is 3.34. The van der Waals surface area contributed by atoms with Crippen LogP contribution in [0.5, 0.6) is 0 Å². The van der Waals surface area contributed by atoms with Gasteiger partial charge in [-0.15, -0.1) is 0 Å². The van der Waals surface area contributed by atoms with Crippen LogP contribution in [0, 0.1) is 5.92 Å². The van der Waals surface area contributed by atoms with E-state index in [1.165, 1.54) is 0 Å². The van der Waals surface area contributed by atoms with E-state index >= 15 is 0 Å². The average Bonchev–Trinajstić information content (AvgIpc) is 2.17. The van der Waals surface area contributed by atoms with Crippen LogP contribution in [-0.4, -0.2) is 10.1 Å². The van der Waals surface area contributed by atoms with E-state index in [2.05, 4.69) is 34.8 Å². The number of hydrogen-bond acceptors (Lipinski definition) is 2. The molecule has 0 fully saturated rings. The van der Waals surface area contributed by atoms with Crippen molar-refractivity contribution >= 4 is 15.9 Å². The Hall–Kier alpha value is -0.410. The van der Waals surface area contributed by atoms with Crippen molar-refractivity contribution < 1.29 is 5.11 Å². The Morgan fingerprint density at radius 2 is 2.21 bits per heavy atom. The fourth-order valence-corrected chi connectivity index (χ4v) is 1.68. The third-order valence-electron chi connectivity index (χ3n) is 2.43. The number of rotatable bonds is 4. The minimum Gasteiger partial charge on any atom is -0.388 e. The van der Waals surface area contributed by atoms with Gasteiger partial charge in [-0.05, 0) is 39.9 Å². The van der Waals surface area contributed by atoms with Crippen LogP contribution in [0.2, 0.25) is 0 Å². The van der Waals surface area contributed by atoms with Gasteiger partial charge in [-0.1, -0.05) is 20.3 Å². The lowest BCUT2D eigenvalue weighted by molar-refractivity contribution is 0.146. The highest BCUT2D eigenvalue weighted by atomic mass is 79.9. The maximum atomic E-state index is 9.89. The summed E-state index contributed by atoms with van der Waals surface area (Å²) in [6.07, 6.45) is 4.94. The molecule has 2 nitrogen and oxygen atoms in total. The van der Waals surface area contributed by atoms with Crippen LogP contribution < -0.4 is 0 Å². The molecule has 78 valence electrons. The molecule has 0 saturated heterocycles. The maximum absolute atomic E-state index is 9.89. The molecule has 1 aromatic rings. The quantitative estimate of drug-likeness (QED) is 0.898. The normalized spacial score (nSPS) is 15.1. The van der Waals surface area contributed by atoms with Crippen molar-refractivity contribution in [3.8, 4) is 0 Å². The van der Waals surface area contributed by atoms with E-state index in [-0.39, 0.29) is 0 Å². The summed E-state index contributed by atoms with van der Waals surface area (Å²) in [7, 11) is 0. The molecule has 14 heavy (non-hydrogen) atoms. The number of pyridine rings is 1. The predicted octanol–water partition coefficient (Wildman–Crippen LogP) is 3.31. The lowest BCUT2D eigenvalue weighted by Gasteiger charge is -2.14. The Labute approximate surface area is 93.5 Å². The van der Waals surface area contributed by atoms with E-state index in [4.69, 9.17) is 0 Å². The molecule has 3 heteroatoms. The first-order valence-electron chi connectivity index (χ1n) is 4.92. The van der Waals surface area contributed by atoms with Gasteiger partial charge in [0.1, 0.15) is 0 Å². The molecule has 0 radical (unpaired) electrons. The predicted molar refractivity (Wildman–Crippen MR) is 61.0 cm³/mol. The molecule has 0 amide bonds. The maximum Gasteiger partial charge on any atom is 0.0807 e. The second-order valence-electron chi connectivity index (χ2n) is 3.70. The van der Waals surface area contributed by atoms with Gasteiger partial charge in [0.2, 0.25) is 0 Å².